The summed E-state index contributed by atoms with van der Waals surface area (Å²) in [5, 5.41) is 21.8. The third-order valence-corrected chi connectivity index (χ3v) is 13.4. The monoisotopic (exact) mass is 1080 g/mol. The molecule has 0 aliphatic rings. The van der Waals surface area contributed by atoms with Crippen molar-refractivity contribution in [2.24, 2.45) is 0 Å². The average Bonchev–Trinajstić information content (AvgIpc) is 3.34. The topological polar surface area (TPSA) is 198 Å². The molecule has 442 valence electrons. The van der Waals surface area contributed by atoms with E-state index >= 15 is 0 Å². The van der Waals surface area contributed by atoms with Crippen LogP contribution in [0.2, 0.25) is 0 Å². The van der Waals surface area contributed by atoms with Crippen molar-refractivity contribution in [2.45, 2.75) is 245 Å². The average molecular weight is 1080 g/mol. The fraction of sp³-hybridized carbons (Fsp3) is 0.833. The molecule has 4 unspecified atom stereocenters. The zero-order valence-corrected chi connectivity index (χ0v) is 49.2. The number of rotatable bonds is 51. The highest BCUT2D eigenvalue weighted by Crippen LogP contribution is 2.18. The van der Waals surface area contributed by atoms with Gasteiger partial charge in [-0.05, 0) is 89.9 Å². The highest BCUT2D eigenvalue weighted by atomic mass is 16.6. The van der Waals surface area contributed by atoms with Crippen LogP contribution < -0.4 is 0 Å². The summed E-state index contributed by atoms with van der Waals surface area (Å²) in [5.74, 6) is -1.68. The third kappa shape index (κ3) is 46.3. The highest BCUT2D eigenvalue weighted by molar-refractivity contribution is 5.71. The fourth-order valence-corrected chi connectivity index (χ4v) is 8.55. The number of likely N-dealkylation sites (N-methyl/N-ethyl adjacent to an activating group) is 2. The van der Waals surface area contributed by atoms with Gasteiger partial charge in [-0.1, -0.05) is 128 Å². The van der Waals surface area contributed by atoms with Crippen LogP contribution in [0, 0.1) is 0 Å². The van der Waals surface area contributed by atoms with Crippen molar-refractivity contribution in [1.82, 2.24) is 0 Å². The van der Waals surface area contributed by atoms with Gasteiger partial charge in [0.2, 0.25) is 0 Å². The maximum atomic E-state index is 12.8. The van der Waals surface area contributed by atoms with Crippen LogP contribution in [0.3, 0.4) is 0 Å². The molecule has 76 heavy (non-hydrogen) atoms. The van der Waals surface area contributed by atoms with Crippen LogP contribution in [-0.4, -0.2) is 160 Å². The number of ether oxygens (including phenoxy) is 6. The Morgan fingerprint density at radius 2 is 0.750 bits per heavy atom. The Balaban J connectivity index is 3.95. The second kappa shape index (κ2) is 47.2. The molecule has 0 amide bonds. The molecule has 0 aromatic rings. The number of aliphatic hydroxyl groups is 2. The maximum Gasteiger partial charge on any atom is 0.362 e. The Labute approximate surface area is 460 Å². The van der Waals surface area contributed by atoms with Crippen LogP contribution >= 0.6 is 0 Å². The summed E-state index contributed by atoms with van der Waals surface area (Å²) in [6.45, 7) is 9.55. The molecule has 0 spiro atoms. The first-order valence-electron chi connectivity index (χ1n) is 29.6. The van der Waals surface area contributed by atoms with Gasteiger partial charge in [0.05, 0.1) is 53.6 Å². The predicted molar refractivity (Wildman–Crippen MR) is 299 cm³/mol. The van der Waals surface area contributed by atoms with Gasteiger partial charge in [0, 0.05) is 26.7 Å². The minimum absolute atomic E-state index is 0.125. The maximum absolute atomic E-state index is 12.8. The molecule has 0 aromatic carbocycles. The standard InChI is InChI=1S/C60H110N2O14/c1-9-11-29-39-55(75-59(69)49-61(5,6)43-47-71-51(3)63)53(65)37-31-23-17-13-15-19-25-33-41-57(67)73-45-35-27-21-22-28-36-46-74-58(68)42-34-26-20-16-14-18-24-32-38-54(66)56(40-30-12-10-2)76-60(70)50-62(7,8)44-48-72-52(4)64/h23-24,31-32,53-56,65-66H,9-22,25-30,33-50H2,1-8H3/q+2/b31-23-,32-24-. The normalized spacial score (nSPS) is 13.6. The minimum atomic E-state index is -0.770. The number of hydrogen-bond donors (Lipinski definition) is 2. The quantitative estimate of drug-likeness (QED) is 0.0192. The molecule has 0 heterocycles. The van der Waals surface area contributed by atoms with Gasteiger partial charge < -0.3 is 47.6 Å². The Morgan fingerprint density at radius 1 is 0.408 bits per heavy atom. The molecule has 0 saturated heterocycles. The van der Waals surface area contributed by atoms with Gasteiger partial charge in [-0.15, -0.1) is 0 Å². The number of hydrogen-bond acceptors (Lipinski definition) is 14. The molecule has 0 saturated carbocycles. The molecule has 4 atom stereocenters. The molecule has 0 rings (SSSR count). The van der Waals surface area contributed by atoms with Crippen LogP contribution in [0.4, 0.5) is 0 Å². The third-order valence-electron chi connectivity index (χ3n) is 13.4. The van der Waals surface area contributed by atoms with E-state index in [0.29, 0.717) is 73.8 Å². The molecule has 0 radical (unpaired) electrons. The number of esters is 6. The van der Waals surface area contributed by atoms with Gasteiger partial charge in [0.25, 0.3) is 0 Å². The van der Waals surface area contributed by atoms with E-state index < -0.39 is 24.4 Å². The number of carbonyl (C=O) groups excluding carboxylic acids is 6. The molecule has 0 bridgehead atoms. The lowest BCUT2D eigenvalue weighted by Crippen LogP contribution is -2.47. The van der Waals surface area contributed by atoms with Crippen molar-refractivity contribution in [1.29, 1.82) is 0 Å². The van der Waals surface area contributed by atoms with Gasteiger partial charge in [-0.3, -0.25) is 19.2 Å². The van der Waals surface area contributed by atoms with E-state index in [2.05, 4.69) is 26.0 Å². The molecule has 0 aliphatic carbocycles. The molecular formula is C60H110N2O14+2. The fourth-order valence-electron chi connectivity index (χ4n) is 8.55. The number of nitrogens with zero attached hydrogens (tertiary/aromatic N) is 2. The number of aliphatic hydroxyl groups excluding tert-OH is 2. The first-order chi connectivity index (χ1) is 36.3. The summed E-state index contributed by atoms with van der Waals surface area (Å²) in [6.07, 6.45) is 31.9. The number of unbranched alkanes of at least 4 members (excludes halogenated alkanes) is 19. The van der Waals surface area contributed by atoms with Crippen molar-refractivity contribution in [3.63, 3.8) is 0 Å². The molecule has 16 nitrogen and oxygen atoms in total. The second-order valence-electron chi connectivity index (χ2n) is 22.1. The van der Waals surface area contributed by atoms with Crippen LogP contribution in [-0.2, 0) is 57.2 Å². The summed E-state index contributed by atoms with van der Waals surface area (Å²) >= 11 is 0. The van der Waals surface area contributed by atoms with Gasteiger partial charge in [-0.25, -0.2) is 9.59 Å². The Kier molecular flexibility index (Phi) is 44.8. The largest absolute Gasteiger partial charge is 0.466 e. The molecular weight excluding hydrogens is 973 g/mol. The van der Waals surface area contributed by atoms with Gasteiger partial charge in [0.15, 0.2) is 13.1 Å². The lowest BCUT2D eigenvalue weighted by molar-refractivity contribution is -0.883. The van der Waals surface area contributed by atoms with E-state index in [-0.39, 0.29) is 62.1 Å². The van der Waals surface area contributed by atoms with Crippen molar-refractivity contribution in [3.8, 4) is 0 Å². The number of allylic oxidation sites excluding steroid dienone is 2. The number of quaternary nitrogens is 2. The molecule has 0 aromatic heterocycles. The Bertz CT molecular complexity index is 1470. The molecule has 0 fully saturated rings. The predicted octanol–water partition coefficient (Wildman–Crippen LogP) is 10.8. The molecule has 2 N–H and O–H groups in total. The lowest BCUT2D eigenvalue weighted by atomic mass is 10.0. The summed E-state index contributed by atoms with van der Waals surface area (Å²) in [7, 11) is 7.53. The highest BCUT2D eigenvalue weighted by Gasteiger charge is 2.29. The summed E-state index contributed by atoms with van der Waals surface area (Å²) in [6, 6.07) is 0. The van der Waals surface area contributed by atoms with Crippen molar-refractivity contribution in [2.75, 3.05) is 80.8 Å². The van der Waals surface area contributed by atoms with E-state index in [1.807, 2.05) is 40.3 Å². The summed E-state index contributed by atoms with van der Waals surface area (Å²) in [4.78, 5) is 72.1. The van der Waals surface area contributed by atoms with E-state index in [1.165, 1.54) is 13.8 Å². The Morgan fingerprint density at radius 3 is 1.11 bits per heavy atom. The van der Waals surface area contributed by atoms with Crippen molar-refractivity contribution >= 4 is 35.8 Å². The summed E-state index contributed by atoms with van der Waals surface area (Å²) < 4.78 is 33.1. The number of carbonyl (C=O) groups is 6. The lowest BCUT2D eigenvalue weighted by Gasteiger charge is -2.30. The molecule has 0 aliphatic heterocycles. The van der Waals surface area contributed by atoms with E-state index in [4.69, 9.17) is 28.4 Å². The van der Waals surface area contributed by atoms with E-state index in [9.17, 15) is 39.0 Å². The zero-order chi connectivity index (χ0) is 56.7. The van der Waals surface area contributed by atoms with E-state index in [0.717, 1.165) is 154 Å². The Hall–Kier alpha value is -3.86. The van der Waals surface area contributed by atoms with Gasteiger partial charge in [0.1, 0.15) is 38.5 Å². The second-order valence-corrected chi connectivity index (χ2v) is 22.1. The SMILES string of the molecule is CCCCCC(OC(=O)C[N+](C)(C)CCOC(C)=O)C(O)C/C=C\CCCCCCCC(=O)OCCCCCCCCOC(=O)CCCCCCC/C=C\CC(O)C(CCCCC)OC(=O)C[N+](C)(C)CCOC(C)=O. The van der Waals surface area contributed by atoms with Gasteiger partial charge >= 0.3 is 35.8 Å². The van der Waals surface area contributed by atoms with E-state index in [1.54, 1.807) is 0 Å². The van der Waals surface area contributed by atoms with Gasteiger partial charge in [-0.2, -0.15) is 0 Å². The van der Waals surface area contributed by atoms with Crippen molar-refractivity contribution in [3.05, 3.63) is 24.3 Å². The van der Waals surface area contributed by atoms with Crippen LogP contribution in [0.5, 0.6) is 0 Å². The first-order valence-corrected chi connectivity index (χ1v) is 29.6. The smallest absolute Gasteiger partial charge is 0.362 e. The van der Waals surface area contributed by atoms with Crippen LogP contribution in [0.1, 0.15) is 220 Å². The van der Waals surface area contributed by atoms with Crippen molar-refractivity contribution < 1.29 is 76.4 Å². The van der Waals surface area contributed by atoms with Crippen LogP contribution in [0.15, 0.2) is 24.3 Å². The first kappa shape index (κ1) is 72.1. The minimum Gasteiger partial charge on any atom is -0.466 e. The summed E-state index contributed by atoms with van der Waals surface area (Å²) in [5.41, 5.74) is 0. The molecule has 16 heteroatoms. The van der Waals surface area contributed by atoms with Crippen LogP contribution in [0.25, 0.3) is 0 Å². The zero-order valence-electron chi connectivity index (χ0n) is 49.2.